The maximum Gasteiger partial charge on any atom is 0.163 e. The fourth-order valence-corrected chi connectivity index (χ4v) is 5.26. The lowest BCUT2D eigenvalue weighted by molar-refractivity contribution is -0.202. The van der Waals surface area contributed by atoms with Gasteiger partial charge in [0.2, 0.25) is 0 Å². The van der Waals surface area contributed by atoms with E-state index in [1.165, 1.54) is 32.4 Å². The third kappa shape index (κ3) is 7.47. The molecule has 10 heteroatoms. The van der Waals surface area contributed by atoms with Gasteiger partial charge >= 0.3 is 0 Å². The summed E-state index contributed by atoms with van der Waals surface area (Å²) in [7, 11) is 3.03. The molecule has 2 unspecified atom stereocenters. The van der Waals surface area contributed by atoms with E-state index in [1.807, 2.05) is 0 Å². The van der Waals surface area contributed by atoms with Gasteiger partial charge in [0.25, 0.3) is 0 Å². The Morgan fingerprint density at radius 3 is 2.53 bits per heavy atom. The van der Waals surface area contributed by atoms with Crippen LogP contribution in [-0.2, 0) is 15.1 Å². The Balaban J connectivity index is 1.23. The molecule has 1 aliphatic heterocycles. The monoisotopic (exact) mass is 613 g/mol. The number of ketones is 1. The number of rotatable bonds is 13. The van der Waals surface area contributed by atoms with Crippen LogP contribution in [0.4, 0.5) is 4.39 Å². The zero-order chi connectivity index (χ0) is 30.6. The maximum atomic E-state index is 13.7. The van der Waals surface area contributed by atoms with E-state index in [4.69, 9.17) is 35.3 Å². The smallest absolute Gasteiger partial charge is 0.163 e. The van der Waals surface area contributed by atoms with Gasteiger partial charge in [-0.05, 0) is 94.0 Å². The van der Waals surface area contributed by atoms with Gasteiger partial charge in [0, 0.05) is 24.2 Å². The number of halogens is 2. The lowest BCUT2D eigenvalue weighted by atomic mass is 9.92. The number of Topliss-reactive ketones (excluding diaryl/α,β-unsaturated/α-hetero) is 1. The quantitative estimate of drug-likeness (QED) is 0.208. The number of nitrogens with zero attached hydrogens (tertiary/aromatic N) is 1. The number of methoxy groups -OCH3 is 2. The van der Waals surface area contributed by atoms with Crippen LogP contribution in [0.25, 0.3) is 11.3 Å². The van der Waals surface area contributed by atoms with E-state index in [0.717, 1.165) is 38.7 Å². The average Bonchev–Trinajstić information content (AvgIpc) is 3.79. The molecule has 230 valence electrons. The van der Waals surface area contributed by atoms with Crippen LogP contribution < -0.4 is 14.2 Å². The van der Waals surface area contributed by atoms with Gasteiger partial charge in [-0.2, -0.15) is 0 Å². The number of ether oxygens (including phenoxy) is 5. The number of hydrogen-bond donors (Lipinski definition) is 1. The summed E-state index contributed by atoms with van der Waals surface area (Å²) in [6.45, 7) is 2.70. The summed E-state index contributed by atoms with van der Waals surface area (Å²) in [5.74, 6) is 0.700. The third-order valence-corrected chi connectivity index (χ3v) is 8.25. The molecule has 3 aromatic rings. The minimum absolute atomic E-state index is 0.0506. The summed E-state index contributed by atoms with van der Waals surface area (Å²) in [6, 6.07) is 12.6. The maximum absolute atomic E-state index is 13.7. The molecule has 2 aliphatic rings. The number of carbonyl (C=O) groups is 1. The Hall–Kier alpha value is -3.24. The highest BCUT2D eigenvalue weighted by Gasteiger charge is 2.47. The van der Waals surface area contributed by atoms with Crippen molar-refractivity contribution in [2.75, 3.05) is 27.4 Å². The number of hydrogen-bond acceptors (Lipinski definition) is 8. The zero-order valence-corrected chi connectivity index (χ0v) is 25.4. The van der Waals surface area contributed by atoms with Gasteiger partial charge < -0.3 is 28.8 Å². The van der Waals surface area contributed by atoms with E-state index >= 15 is 0 Å². The lowest BCUT2D eigenvalue weighted by Crippen LogP contribution is -2.33. The minimum atomic E-state index is -1.44. The van der Waals surface area contributed by atoms with Crippen molar-refractivity contribution in [1.29, 1.82) is 0 Å². The minimum Gasteiger partial charge on any atom is -0.494 e. The van der Waals surface area contributed by atoms with Crippen LogP contribution in [0.1, 0.15) is 67.9 Å². The van der Waals surface area contributed by atoms with Gasteiger partial charge in [-0.15, -0.1) is 0 Å². The van der Waals surface area contributed by atoms with E-state index < -0.39 is 11.4 Å². The van der Waals surface area contributed by atoms with Gasteiger partial charge in [-0.25, -0.2) is 9.37 Å². The Morgan fingerprint density at radius 2 is 1.86 bits per heavy atom. The third-order valence-electron chi connectivity index (χ3n) is 7.97. The number of carbonyl (C=O) groups excluding carboxylic acids is 1. The van der Waals surface area contributed by atoms with Crippen molar-refractivity contribution < 1.29 is 38.0 Å². The molecule has 0 bridgehead atoms. The molecule has 0 spiro atoms. The second-order valence-corrected chi connectivity index (χ2v) is 11.7. The van der Waals surface area contributed by atoms with Crippen molar-refractivity contribution in [3.8, 4) is 28.5 Å². The largest absolute Gasteiger partial charge is 0.494 e. The van der Waals surface area contributed by atoms with Crippen molar-refractivity contribution in [2.45, 2.75) is 69.4 Å². The molecule has 43 heavy (non-hydrogen) atoms. The molecule has 0 radical (unpaired) electrons. The number of pyridine rings is 1. The molecule has 2 heterocycles. The van der Waals surface area contributed by atoms with Gasteiger partial charge in [-0.3, -0.25) is 4.79 Å². The summed E-state index contributed by atoms with van der Waals surface area (Å²) in [5, 5.41) is 11.3. The zero-order valence-electron chi connectivity index (χ0n) is 24.7. The first-order chi connectivity index (χ1) is 20.6. The predicted octanol–water partition coefficient (Wildman–Crippen LogP) is 6.88. The molecular formula is C33H37ClFNO7. The number of aromatic nitrogens is 1. The normalized spacial score (nSPS) is 18.9. The van der Waals surface area contributed by atoms with Crippen LogP contribution in [-0.4, -0.2) is 55.2 Å². The van der Waals surface area contributed by atoms with Crippen molar-refractivity contribution in [1.82, 2.24) is 4.98 Å². The molecule has 2 aromatic carbocycles. The van der Waals surface area contributed by atoms with E-state index in [1.54, 1.807) is 37.3 Å². The molecule has 1 aromatic heterocycles. The highest BCUT2D eigenvalue weighted by Crippen LogP contribution is 2.43. The first kappa shape index (κ1) is 31.2. The van der Waals surface area contributed by atoms with Crippen molar-refractivity contribution in [2.24, 2.45) is 0 Å². The molecular weight excluding hydrogens is 577 g/mol. The summed E-state index contributed by atoms with van der Waals surface area (Å²) in [6.07, 6.45) is 4.87. The molecule has 5 rings (SSSR count). The fourth-order valence-electron chi connectivity index (χ4n) is 5.08. The Bertz CT molecular complexity index is 1450. The highest BCUT2D eigenvalue weighted by atomic mass is 35.5. The Kier molecular flexibility index (Phi) is 9.56. The van der Waals surface area contributed by atoms with Crippen LogP contribution in [0.3, 0.4) is 0 Å². The van der Waals surface area contributed by atoms with Crippen molar-refractivity contribution >= 4 is 17.4 Å². The summed E-state index contributed by atoms with van der Waals surface area (Å²) in [4.78, 5) is 17.8. The standard InChI is InChI=1S/C33H37ClFNO7/c1-32(38,29-12-11-27(39-2)31(36-29)22-7-9-24(35)23(34)18-22)14-13-25(37)21-8-10-26(28(19-21)40-3)42-20-33(15-16-33)43-30-6-4-5-17-41-30/h7-12,18-19,30,38H,4-6,13-17,20H2,1-3H3. The van der Waals surface area contributed by atoms with Gasteiger partial charge in [-0.1, -0.05) is 11.6 Å². The molecule has 1 aliphatic carbocycles. The van der Waals surface area contributed by atoms with E-state index in [0.29, 0.717) is 46.4 Å². The molecule has 1 saturated heterocycles. The first-order valence-electron chi connectivity index (χ1n) is 14.5. The van der Waals surface area contributed by atoms with Crippen LogP contribution in [0, 0.1) is 5.82 Å². The first-order valence-corrected chi connectivity index (χ1v) is 14.9. The molecule has 2 atom stereocenters. The van der Waals surface area contributed by atoms with Crippen LogP contribution in [0.5, 0.6) is 17.2 Å². The van der Waals surface area contributed by atoms with Gasteiger partial charge in [0.05, 0.1) is 24.9 Å². The molecule has 2 fully saturated rings. The van der Waals surface area contributed by atoms with E-state index in [9.17, 15) is 14.3 Å². The SMILES string of the molecule is COc1cc(C(=O)CCC(C)(O)c2ccc(OC)c(-c3ccc(F)c(Cl)c3)n2)ccc1OCC1(OC2CCCCO2)CC1. The Labute approximate surface area is 256 Å². The van der Waals surface area contributed by atoms with Crippen LogP contribution in [0.15, 0.2) is 48.5 Å². The lowest BCUT2D eigenvalue weighted by Gasteiger charge is -2.28. The fraction of sp³-hybridized carbons (Fsp3) is 0.455. The van der Waals surface area contributed by atoms with Crippen LogP contribution >= 0.6 is 11.6 Å². The molecule has 1 N–H and O–H groups in total. The Morgan fingerprint density at radius 1 is 1.09 bits per heavy atom. The summed E-state index contributed by atoms with van der Waals surface area (Å²) < 4.78 is 42.7. The second-order valence-electron chi connectivity index (χ2n) is 11.3. The summed E-state index contributed by atoms with van der Waals surface area (Å²) in [5.41, 5.74) is -0.0592. The molecule has 1 saturated carbocycles. The van der Waals surface area contributed by atoms with E-state index in [-0.39, 0.29) is 35.5 Å². The predicted molar refractivity (Wildman–Crippen MR) is 159 cm³/mol. The number of aliphatic hydroxyl groups is 1. The van der Waals surface area contributed by atoms with Crippen molar-refractivity contribution in [3.63, 3.8) is 0 Å². The highest BCUT2D eigenvalue weighted by molar-refractivity contribution is 6.31. The van der Waals surface area contributed by atoms with E-state index in [2.05, 4.69) is 4.98 Å². The van der Waals surface area contributed by atoms with Gasteiger partial charge in [0.1, 0.15) is 35.1 Å². The van der Waals surface area contributed by atoms with Crippen LogP contribution in [0.2, 0.25) is 5.02 Å². The average molecular weight is 614 g/mol. The number of benzene rings is 2. The molecule has 0 amide bonds. The second kappa shape index (κ2) is 13.2. The molecule has 8 nitrogen and oxygen atoms in total. The van der Waals surface area contributed by atoms with Gasteiger partial charge in [0.15, 0.2) is 23.6 Å². The van der Waals surface area contributed by atoms with Crippen molar-refractivity contribution in [3.05, 3.63) is 70.6 Å². The summed E-state index contributed by atoms with van der Waals surface area (Å²) >= 11 is 5.98. The topological polar surface area (TPSA) is 96.3 Å².